The molecule has 5 rings (SSSR count). The molecule has 0 radical (unpaired) electrons. The van der Waals surface area contributed by atoms with Gasteiger partial charge in [0.05, 0.1) is 0 Å². The zero-order chi connectivity index (χ0) is 22.8. The summed E-state index contributed by atoms with van der Waals surface area (Å²) >= 11 is 11.0. The van der Waals surface area contributed by atoms with Gasteiger partial charge >= 0.3 is 0 Å². The summed E-state index contributed by atoms with van der Waals surface area (Å²) in [5.74, 6) is 1.21. The van der Waals surface area contributed by atoms with Crippen LogP contribution < -0.4 is 9.83 Å². The van der Waals surface area contributed by atoms with Gasteiger partial charge in [-0.1, -0.05) is 96.2 Å². The van der Waals surface area contributed by atoms with Gasteiger partial charge in [0.1, 0.15) is 19.7 Å². The van der Waals surface area contributed by atoms with E-state index in [0.29, 0.717) is 5.75 Å². The maximum atomic E-state index is 9.56. The highest BCUT2D eigenvalue weighted by Gasteiger charge is 2.23. The second-order valence-corrected chi connectivity index (χ2v) is 9.00. The van der Waals surface area contributed by atoms with E-state index in [1.807, 2.05) is 84.9 Å². The molecule has 1 aliphatic rings. The smallest absolute Gasteiger partial charge is 0.217 e. The molecular formula is C24H20Cl2O3P2. The van der Waals surface area contributed by atoms with E-state index in [1.54, 1.807) is 6.07 Å². The van der Waals surface area contributed by atoms with E-state index in [2.05, 4.69) is 17.0 Å². The van der Waals surface area contributed by atoms with Crippen molar-refractivity contribution in [3.8, 4) is 33.8 Å². The van der Waals surface area contributed by atoms with E-state index in [4.69, 9.17) is 28.4 Å². The summed E-state index contributed by atoms with van der Waals surface area (Å²) < 4.78 is 11.5. The van der Waals surface area contributed by atoms with Gasteiger partial charge in [0, 0.05) is 16.4 Å². The van der Waals surface area contributed by atoms with Crippen LogP contribution in [0.3, 0.4) is 0 Å². The molecule has 2 atom stereocenters. The quantitative estimate of drug-likeness (QED) is 0.283. The van der Waals surface area contributed by atoms with Crippen LogP contribution in [0.25, 0.3) is 22.3 Å². The van der Waals surface area contributed by atoms with Crippen molar-refractivity contribution in [1.82, 2.24) is 0 Å². The maximum Gasteiger partial charge on any atom is 0.217 e. The van der Waals surface area contributed by atoms with Crippen LogP contribution in [0.1, 0.15) is 0 Å². The van der Waals surface area contributed by atoms with E-state index in [0.717, 1.165) is 27.7 Å². The first-order valence-electron chi connectivity index (χ1n) is 9.70. The molecule has 1 aliphatic heterocycles. The first-order valence-corrected chi connectivity index (χ1v) is 13.4. The lowest BCUT2D eigenvalue weighted by Gasteiger charge is -2.23. The Morgan fingerprint density at radius 3 is 1.97 bits per heavy atom. The molecular weight excluding hydrogens is 469 g/mol. The molecule has 0 fully saturated rings. The zero-order valence-electron chi connectivity index (χ0n) is 17.3. The van der Waals surface area contributed by atoms with Crippen molar-refractivity contribution in [2.45, 2.75) is 0 Å². The van der Waals surface area contributed by atoms with Crippen LogP contribution in [0.4, 0.5) is 0 Å². The molecule has 3 nitrogen and oxygen atoms in total. The van der Waals surface area contributed by atoms with Gasteiger partial charge in [-0.15, -0.1) is 0 Å². The Hall–Kier alpha value is -2.12. The largest absolute Gasteiger partial charge is 0.507 e. The summed E-state index contributed by atoms with van der Waals surface area (Å²) in [6, 6.07) is 33.3. The second-order valence-electron chi connectivity index (χ2n) is 6.31. The SMILES string of the molecule is ClP1Oc2ccccc2-c2ccccc21.Oc1ccccc1-c1ccccc1.[2H]OPCl. The van der Waals surface area contributed by atoms with Crippen LogP contribution >= 0.6 is 38.1 Å². The number of hydrogen-bond acceptors (Lipinski definition) is 3. The standard InChI is InChI=1S/C12H8ClOP.C12H10O.ClH2OP/c13-15-12-8-4-2-6-10(12)9-5-1-3-7-11(9)14-15;13-12-9-5-4-8-11(12)10-6-2-1-3-7-10;1-3-2/h1-8H;1-9,13H;2-3H/i;;2D. The van der Waals surface area contributed by atoms with E-state index >= 15 is 0 Å². The summed E-state index contributed by atoms with van der Waals surface area (Å²) in [7, 11) is -1.24. The Morgan fingerprint density at radius 2 is 1.29 bits per heavy atom. The lowest BCUT2D eigenvalue weighted by Crippen LogP contribution is -2.10. The fourth-order valence-electron chi connectivity index (χ4n) is 3.09. The van der Waals surface area contributed by atoms with Gasteiger partial charge in [-0.25, -0.2) is 0 Å². The average Bonchev–Trinajstić information content (AvgIpc) is 2.86. The Bertz CT molecular complexity index is 1130. The third-order valence-electron chi connectivity index (χ3n) is 4.44. The molecule has 0 aromatic heterocycles. The molecule has 7 heteroatoms. The average molecular weight is 490 g/mol. The van der Waals surface area contributed by atoms with Crippen LogP contribution in [0.5, 0.6) is 11.5 Å². The molecule has 0 amide bonds. The number of benzene rings is 4. The van der Waals surface area contributed by atoms with Gasteiger partial charge in [-0.2, -0.15) is 0 Å². The Balaban J connectivity index is 0.000000157. The van der Waals surface area contributed by atoms with Gasteiger partial charge in [0.15, 0.2) is 0 Å². The molecule has 4 aromatic rings. The fraction of sp³-hybridized carbons (Fsp3) is 0. The summed E-state index contributed by atoms with van der Waals surface area (Å²) in [6.45, 7) is 0. The van der Waals surface area contributed by atoms with Crippen LogP contribution in [0.2, 0.25) is 0 Å². The number of para-hydroxylation sites is 2. The van der Waals surface area contributed by atoms with Crippen LogP contribution in [-0.2, 0) is 0 Å². The minimum absolute atomic E-state index is 0.221. The summed E-state index contributed by atoms with van der Waals surface area (Å²) in [4.78, 5) is 3.58. The Kier molecular flexibility index (Phi) is 8.59. The highest BCUT2D eigenvalue weighted by Crippen LogP contribution is 2.51. The normalized spacial score (nSPS) is 14.0. The highest BCUT2D eigenvalue weighted by atomic mass is 35.7. The third kappa shape index (κ3) is 6.20. The highest BCUT2D eigenvalue weighted by molar-refractivity contribution is 7.86. The lowest BCUT2D eigenvalue weighted by atomic mass is 10.0. The first kappa shape index (κ1) is 22.1. The van der Waals surface area contributed by atoms with E-state index in [9.17, 15) is 5.11 Å². The topological polar surface area (TPSA) is 49.7 Å². The molecule has 0 bridgehead atoms. The van der Waals surface area contributed by atoms with Crippen molar-refractivity contribution in [3.05, 3.63) is 103 Å². The molecule has 0 saturated carbocycles. The van der Waals surface area contributed by atoms with Crippen molar-refractivity contribution in [2.24, 2.45) is 0 Å². The first-order chi connectivity index (χ1) is 15.7. The minimum atomic E-state index is -1.02. The molecule has 1 heterocycles. The molecule has 0 aliphatic carbocycles. The second kappa shape index (κ2) is 12.1. The monoisotopic (exact) mass is 489 g/mol. The van der Waals surface area contributed by atoms with E-state index in [-0.39, 0.29) is 8.16 Å². The van der Waals surface area contributed by atoms with Crippen molar-refractivity contribution in [2.75, 3.05) is 0 Å². The molecule has 2 unspecified atom stereocenters. The van der Waals surface area contributed by atoms with Crippen LogP contribution in [-0.4, -0.2) is 11.4 Å². The Labute approximate surface area is 196 Å². The number of rotatable bonds is 2. The molecule has 158 valence electrons. The summed E-state index contributed by atoms with van der Waals surface area (Å²) in [6.07, 6.45) is 0. The van der Waals surface area contributed by atoms with Crippen LogP contribution in [0, 0.1) is 0 Å². The maximum absolute atomic E-state index is 9.56. The van der Waals surface area contributed by atoms with Crippen molar-refractivity contribution in [3.63, 3.8) is 0 Å². The number of aromatic hydroxyl groups is 1. The van der Waals surface area contributed by atoms with E-state index < -0.39 is 7.50 Å². The number of fused-ring (bicyclic) bond motifs is 3. The van der Waals surface area contributed by atoms with Crippen molar-refractivity contribution < 1.29 is 14.5 Å². The molecule has 31 heavy (non-hydrogen) atoms. The fourth-order valence-corrected chi connectivity index (χ4v) is 4.78. The number of phenolic OH excluding ortho intramolecular Hbond substituents is 1. The van der Waals surface area contributed by atoms with Crippen LogP contribution in [0.15, 0.2) is 103 Å². The van der Waals surface area contributed by atoms with Crippen molar-refractivity contribution >= 4 is 43.4 Å². The van der Waals surface area contributed by atoms with Gasteiger partial charge in [0.25, 0.3) is 0 Å². The molecule has 2 N–H and O–H groups in total. The summed E-state index contributed by atoms with van der Waals surface area (Å²) in [5, 5.41) is 10.7. The van der Waals surface area contributed by atoms with Gasteiger partial charge in [-0.3, -0.25) is 0 Å². The summed E-state index contributed by atoms with van der Waals surface area (Å²) in [5.41, 5.74) is 4.25. The van der Waals surface area contributed by atoms with E-state index in [1.165, 1.54) is 5.56 Å². The molecule has 0 saturated heterocycles. The number of phenols is 1. The zero-order valence-corrected chi connectivity index (χ0v) is 19.7. The third-order valence-corrected chi connectivity index (χ3v) is 6.32. The predicted octanol–water partition coefficient (Wildman–Crippen LogP) is 7.71. The molecule has 4 aromatic carbocycles. The molecule has 0 spiro atoms. The number of hydrogen-bond donors (Lipinski definition) is 2. The Morgan fingerprint density at radius 1 is 0.742 bits per heavy atom. The lowest BCUT2D eigenvalue weighted by molar-refractivity contribution is 0.477. The number of halogens is 2. The van der Waals surface area contributed by atoms with Gasteiger partial charge in [0.2, 0.25) is 8.93 Å². The minimum Gasteiger partial charge on any atom is -0.507 e. The van der Waals surface area contributed by atoms with Crippen molar-refractivity contribution in [1.29, 1.82) is 1.43 Å². The van der Waals surface area contributed by atoms with Gasteiger partial charge in [-0.05, 0) is 40.6 Å². The van der Waals surface area contributed by atoms with Gasteiger partial charge < -0.3 is 14.5 Å². The predicted molar refractivity (Wildman–Crippen MR) is 135 cm³/mol.